The Hall–Kier alpha value is -1.52. The first-order chi connectivity index (χ1) is 5.70. The second kappa shape index (κ2) is 2.23. The van der Waals surface area contributed by atoms with E-state index in [-0.39, 0.29) is 5.91 Å². The van der Waals surface area contributed by atoms with E-state index in [0.29, 0.717) is 17.9 Å². The lowest BCUT2D eigenvalue weighted by Gasteiger charge is -2.23. The molecule has 1 aromatic rings. The van der Waals surface area contributed by atoms with Crippen LogP contribution in [-0.2, 0) is 6.54 Å². The van der Waals surface area contributed by atoms with Crippen LogP contribution in [0.25, 0.3) is 0 Å². The van der Waals surface area contributed by atoms with Crippen molar-refractivity contribution in [1.29, 1.82) is 0 Å². The standard InChI is InChI=1S/C7H10N4O/c1-10-2-3-11-6(7(10)12)5(8)4-9-11/h4H,2-3,8H2,1H3. The first-order valence-electron chi connectivity index (χ1n) is 3.77. The summed E-state index contributed by atoms with van der Waals surface area (Å²) in [6.07, 6.45) is 1.52. The van der Waals surface area contributed by atoms with Gasteiger partial charge in [-0.15, -0.1) is 0 Å². The van der Waals surface area contributed by atoms with Gasteiger partial charge in [0.2, 0.25) is 0 Å². The molecule has 0 aromatic carbocycles. The van der Waals surface area contributed by atoms with Crippen LogP contribution in [0.2, 0.25) is 0 Å². The number of aromatic nitrogens is 2. The normalized spacial score (nSPS) is 16.4. The van der Waals surface area contributed by atoms with E-state index in [1.807, 2.05) is 0 Å². The Kier molecular flexibility index (Phi) is 1.33. The second-order valence-corrected chi connectivity index (χ2v) is 2.90. The molecule has 0 bridgehead atoms. The van der Waals surface area contributed by atoms with Gasteiger partial charge in [-0.1, -0.05) is 0 Å². The molecule has 0 radical (unpaired) electrons. The molecule has 0 aliphatic carbocycles. The molecule has 2 rings (SSSR count). The fourth-order valence-corrected chi connectivity index (χ4v) is 1.33. The van der Waals surface area contributed by atoms with Gasteiger partial charge in [-0.2, -0.15) is 5.10 Å². The van der Waals surface area contributed by atoms with Crippen molar-refractivity contribution in [2.75, 3.05) is 19.3 Å². The Morgan fingerprint density at radius 3 is 3.08 bits per heavy atom. The molecule has 5 heteroatoms. The quantitative estimate of drug-likeness (QED) is 0.567. The molecule has 1 aromatic heterocycles. The number of amides is 1. The van der Waals surface area contributed by atoms with Crippen LogP contribution in [0.4, 0.5) is 5.69 Å². The number of fused-ring (bicyclic) bond motifs is 1. The van der Waals surface area contributed by atoms with Crippen LogP contribution in [0.3, 0.4) is 0 Å². The third-order valence-electron chi connectivity index (χ3n) is 2.06. The van der Waals surface area contributed by atoms with E-state index in [9.17, 15) is 4.79 Å². The summed E-state index contributed by atoms with van der Waals surface area (Å²) in [5.74, 6) is -0.0451. The first-order valence-corrected chi connectivity index (χ1v) is 3.77. The van der Waals surface area contributed by atoms with E-state index in [1.165, 1.54) is 6.20 Å². The maximum atomic E-state index is 11.5. The van der Waals surface area contributed by atoms with Crippen molar-refractivity contribution < 1.29 is 4.79 Å². The smallest absolute Gasteiger partial charge is 0.274 e. The van der Waals surface area contributed by atoms with Gasteiger partial charge in [0.05, 0.1) is 18.4 Å². The zero-order chi connectivity index (χ0) is 8.72. The van der Waals surface area contributed by atoms with Gasteiger partial charge in [-0.25, -0.2) is 0 Å². The summed E-state index contributed by atoms with van der Waals surface area (Å²) in [6, 6.07) is 0. The predicted molar refractivity (Wildman–Crippen MR) is 43.6 cm³/mol. The molecule has 1 amide bonds. The third-order valence-corrected chi connectivity index (χ3v) is 2.06. The molecule has 0 saturated heterocycles. The van der Waals surface area contributed by atoms with Crippen LogP contribution in [0.1, 0.15) is 10.5 Å². The minimum absolute atomic E-state index is 0.0451. The highest BCUT2D eigenvalue weighted by Crippen LogP contribution is 2.16. The molecule has 1 aliphatic heterocycles. The summed E-state index contributed by atoms with van der Waals surface area (Å²) < 4.78 is 1.65. The molecule has 0 fully saturated rings. The van der Waals surface area contributed by atoms with Crippen molar-refractivity contribution in [2.45, 2.75) is 6.54 Å². The number of nitrogen functional groups attached to an aromatic ring is 1. The molecule has 2 N–H and O–H groups in total. The molecule has 5 nitrogen and oxygen atoms in total. The van der Waals surface area contributed by atoms with Gasteiger partial charge in [0.1, 0.15) is 5.69 Å². The van der Waals surface area contributed by atoms with E-state index in [2.05, 4.69) is 5.10 Å². The van der Waals surface area contributed by atoms with Gasteiger partial charge in [-0.3, -0.25) is 9.48 Å². The van der Waals surface area contributed by atoms with Gasteiger partial charge in [0.15, 0.2) is 0 Å². The highest BCUT2D eigenvalue weighted by Gasteiger charge is 2.24. The van der Waals surface area contributed by atoms with Crippen molar-refractivity contribution in [3.63, 3.8) is 0 Å². The number of carbonyl (C=O) groups excluding carboxylic acids is 1. The topological polar surface area (TPSA) is 64.2 Å². The Balaban J connectivity index is 2.53. The van der Waals surface area contributed by atoms with E-state index >= 15 is 0 Å². The Morgan fingerprint density at radius 2 is 2.33 bits per heavy atom. The summed E-state index contributed by atoms with van der Waals surface area (Å²) in [5.41, 5.74) is 6.56. The maximum absolute atomic E-state index is 11.5. The van der Waals surface area contributed by atoms with Gasteiger partial charge in [0.25, 0.3) is 5.91 Å². The number of nitrogens with zero attached hydrogens (tertiary/aromatic N) is 3. The molecule has 1 aliphatic rings. The number of rotatable bonds is 0. The number of likely N-dealkylation sites (N-methyl/N-ethyl adjacent to an activating group) is 1. The minimum atomic E-state index is -0.0451. The molecule has 0 unspecified atom stereocenters. The van der Waals surface area contributed by atoms with Gasteiger partial charge < -0.3 is 10.6 Å². The monoisotopic (exact) mass is 166 g/mol. The second-order valence-electron chi connectivity index (χ2n) is 2.90. The Bertz CT molecular complexity index is 330. The van der Waals surface area contributed by atoms with Crippen LogP contribution in [0.5, 0.6) is 0 Å². The van der Waals surface area contributed by atoms with E-state index < -0.39 is 0 Å². The maximum Gasteiger partial charge on any atom is 0.274 e. The number of nitrogens with two attached hydrogens (primary N) is 1. The van der Waals surface area contributed by atoms with E-state index in [4.69, 9.17) is 5.73 Å². The Morgan fingerprint density at radius 1 is 1.58 bits per heavy atom. The summed E-state index contributed by atoms with van der Waals surface area (Å²) in [4.78, 5) is 13.1. The molecule has 0 spiro atoms. The van der Waals surface area contributed by atoms with Crippen molar-refractivity contribution in [3.05, 3.63) is 11.9 Å². The predicted octanol–water partition coefficient (Wildman–Crippen LogP) is -0.449. The average molecular weight is 166 g/mol. The summed E-state index contributed by atoms with van der Waals surface area (Å²) in [5, 5.41) is 3.99. The van der Waals surface area contributed by atoms with Crippen LogP contribution in [-0.4, -0.2) is 34.2 Å². The number of carbonyl (C=O) groups is 1. The summed E-state index contributed by atoms with van der Waals surface area (Å²) in [6.45, 7) is 1.43. The van der Waals surface area contributed by atoms with Crippen molar-refractivity contribution >= 4 is 11.6 Å². The van der Waals surface area contributed by atoms with Gasteiger partial charge >= 0.3 is 0 Å². The van der Waals surface area contributed by atoms with Crippen LogP contribution < -0.4 is 5.73 Å². The number of hydrogen-bond acceptors (Lipinski definition) is 3. The lowest BCUT2D eigenvalue weighted by Crippen LogP contribution is -2.37. The van der Waals surface area contributed by atoms with E-state index in [1.54, 1.807) is 16.6 Å². The van der Waals surface area contributed by atoms with Crippen molar-refractivity contribution in [2.24, 2.45) is 0 Å². The summed E-state index contributed by atoms with van der Waals surface area (Å²) in [7, 11) is 1.76. The lowest BCUT2D eigenvalue weighted by atomic mass is 10.3. The highest BCUT2D eigenvalue weighted by atomic mass is 16.2. The average Bonchev–Trinajstić information content (AvgIpc) is 2.41. The lowest BCUT2D eigenvalue weighted by molar-refractivity contribution is 0.0744. The molecule has 64 valence electrons. The highest BCUT2D eigenvalue weighted by molar-refractivity contribution is 5.97. The zero-order valence-corrected chi connectivity index (χ0v) is 6.82. The van der Waals surface area contributed by atoms with Gasteiger partial charge in [0, 0.05) is 13.6 Å². The van der Waals surface area contributed by atoms with Crippen LogP contribution in [0.15, 0.2) is 6.20 Å². The molecule has 2 heterocycles. The molecular formula is C7H10N4O. The number of anilines is 1. The van der Waals surface area contributed by atoms with Crippen molar-refractivity contribution in [3.8, 4) is 0 Å². The third kappa shape index (κ3) is 0.792. The van der Waals surface area contributed by atoms with Gasteiger partial charge in [-0.05, 0) is 0 Å². The fraction of sp³-hybridized carbons (Fsp3) is 0.429. The molecule has 0 atom stereocenters. The Labute approximate surface area is 69.8 Å². The van der Waals surface area contributed by atoms with Crippen LogP contribution in [0, 0.1) is 0 Å². The zero-order valence-electron chi connectivity index (χ0n) is 6.82. The SMILES string of the molecule is CN1CCn2ncc(N)c2C1=O. The number of hydrogen-bond donors (Lipinski definition) is 1. The molecule has 12 heavy (non-hydrogen) atoms. The van der Waals surface area contributed by atoms with Crippen molar-refractivity contribution in [1.82, 2.24) is 14.7 Å². The first kappa shape index (κ1) is 7.15. The minimum Gasteiger partial charge on any atom is -0.396 e. The largest absolute Gasteiger partial charge is 0.396 e. The van der Waals surface area contributed by atoms with Crippen LogP contribution >= 0.6 is 0 Å². The molecule has 0 saturated carbocycles. The fourth-order valence-electron chi connectivity index (χ4n) is 1.33. The summed E-state index contributed by atoms with van der Waals surface area (Å²) >= 11 is 0. The van der Waals surface area contributed by atoms with E-state index in [0.717, 1.165) is 6.54 Å². The molecular weight excluding hydrogens is 156 g/mol.